The lowest BCUT2D eigenvalue weighted by Gasteiger charge is -2.24. The molecule has 1 aromatic heterocycles. The molecule has 0 spiro atoms. The fourth-order valence-corrected chi connectivity index (χ4v) is 3.72. The molecule has 1 aromatic rings. The third-order valence-electron chi connectivity index (χ3n) is 3.94. The minimum Gasteiger partial charge on any atom is -0.465 e. The van der Waals surface area contributed by atoms with Gasteiger partial charge in [-0.25, -0.2) is 0 Å². The molecule has 0 saturated carbocycles. The maximum Gasteiger partial charge on any atom is 0.314 e. The second-order valence-corrected chi connectivity index (χ2v) is 7.68. The molecule has 122 valence electrons. The van der Waals surface area contributed by atoms with Gasteiger partial charge in [0.25, 0.3) is 0 Å². The van der Waals surface area contributed by atoms with Gasteiger partial charge in [-0.15, -0.1) is 0 Å². The minimum atomic E-state index is -0.512. The number of ether oxygens (including phenoxy) is 1. The maximum atomic E-state index is 12.3. The summed E-state index contributed by atoms with van der Waals surface area (Å²) in [5.74, 6) is -0.725. The first kappa shape index (κ1) is 16.9. The van der Waals surface area contributed by atoms with Crippen molar-refractivity contribution in [2.75, 3.05) is 6.61 Å². The Balaban J connectivity index is 2.40. The zero-order valence-electron chi connectivity index (χ0n) is 13.6. The van der Waals surface area contributed by atoms with E-state index in [0.29, 0.717) is 18.7 Å². The van der Waals surface area contributed by atoms with Crippen LogP contribution >= 0.6 is 11.3 Å². The second kappa shape index (κ2) is 6.36. The Morgan fingerprint density at radius 2 is 2.05 bits per heavy atom. The smallest absolute Gasteiger partial charge is 0.314 e. The van der Waals surface area contributed by atoms with E-state index in [1.807, 2.05) is 20.8 Å². The molecule has 5 nitrogen and oxygen atoms in total. The van der Waals surface area contributed by atoms with Crippen LogP contribution in [-0.4, -0.2) is 22.9 Å². The molecule has 1 unspecified atom stereocenters. The highest BCUT2D eigenvalue weighted by atomic mass is 32.1. The van der Waals surface area contributed by atoms with E-state index in [9.17, 15) is 14.4 Å². The Morgan fingerprint density at radius 1 is 1.36 bits per heavy atom. The molecule has 0 aliphatic heterocycles. The van der Waals surface area contributed by atoms with E-state index >= 15 is 0 Å². The highest BCUT2D eigenvalue weighted by Gasteiger charge is 2.34. The van der Waals surface area contributed by atoms with Gasteiger partial charge in [0.2, 0.25) is 0 Å². The van der Waals surface area contributed by atoms with Crippen LogP contribution < -0.4 is 4.87 Å². The van der Waals surface area contributed by atoms with E-state index in [2.05, 4.69) is 0 Å². The van der Waals surface area contributed by atoms with Crippen molar-refractivity contribution in [3.8, 4) is 0 Å². The topological polar surface area (TPSA) is 65.4 Å². The molecule has 0 aromatic carbocycles. The van der Waals surface area contributed by atoms with Crippen LogP contribution in [0.2, 0.25) is 0 Å². The second-order valence-electron chi connectivity index (χ2n) is 6.63. The van der Waals surface area contributed by atoms with Crippen LogP contribution in [-0.2, 0) is 27.3 Å². The van der Waals surface area contributed by atoms with Gasteiger partial charge < -0.3 is 4.74 Å². The van der Waals surface area contributed by atoms with Crippen LogP contribution in [0.15, 0.2) is 4.79 Å². The molecular weight excluding hydrogens is 302 g/mol. The number of ketones is 1. The van der Waals surface area contributed by atoms with Gasteiger partial charge in [-0.2, -0.15) is 0 Å². The van der Waals surface area contributed by atoms with Crippen molar-refractivity contribution >= 4 is 23.1 Å². The van der Waals surface area contributed by atoms with Gasteiger partial charge in [-0.3, -0.25) is 19.0 Å². The van der Waals surface area contributed by atoms with Crippen molar-refractivity contribution in [3.63, 3.8) is 0 Å². The lowest BCUT2D eigenvalue weighted by molar-refractivity contribution is -0.145. The van der Waals surface area contributed by atoms with Gasteiger partial charge in [0, 0.05) is 16.0 Å². The normalized spacial score (nSPS) is 17.9. The number of carbonyl (C=O) groups is 2. The van der Waals surface area contributed by atoms with Crippen LogP contribution in [0, 0.1) is 5.41 Å². The predicted molar refractivity (Wildman–Crippen MR) is 85.4 cm³/mol. The maximum absolute atomic E-state index is 12.3. The number of carbonyl (C=O) groups excluding carboxylic acids is 2. The first-order valence-corrected chi connectivity index (χ1v) is 8.49. The van der Waals surface area contributed by atoms with Crippen LogP contribution in [0.25, 0.3) is 0 Å². The van der Waals surface area contributed by atoms with Crippen molar-refractivity contribution in [3.05, 3.63) is 20.2 Å². The van der Waals surface area contributed by atoms with Gasteiger partial charge in [-0.1, -0.05) is 32.1 Å². The Morgan fingerprint density at radius 3 is 2.64 bits per heavy atom. The Kier molecular flexibility index (Phi) is 4.90. The summed E-state index contributed by atoms with van der Waals surface area (Å²) in [5.41, 5.74) is 0.194. The number of hydrogen-bond donors (Lipinski definition) is 0. The summed E-state index contributed by atoms with van der Waals surface area (Å²) in [7, 11) is 0. The number of rotatable bonds is 4. The van der Waals surface area contributed by atoms with E-state index in [1.165, 1.54) is 4.57 Å². The predicted octanol–water partition coefficient (Wildman–Crippen LogP) is 2.51. The number of thiazole rings is 1. The molecule has 0 amide bonds. The largest absolute Gasteiger partial charge is 0.465 e. The van der Waals surface area contributed by atoms with Crippen LogP contribution in [0.5, 0.6) is 0 Å². The first-order valence-electron chi connectivity index (χ1n) is 7.68. The Hall–Kier alpha value is -1.43. The summed E-state index contributed by atoms with van der Waals surface area (Å²) in [6.07, 6.45) is 2.33. The fraction of sp³-hybridized carbons (Fsp3) is 0.688. The average molecular weight is 325 g/mol. The molecule has 0 bridgehead atoms. The van der Waals surface area contributed by atoms with E-state index in [1.54, 1.807) is 6.92 Å². The van der Waals surface area contributed by atoms with E-state index in [-0.39, 0.29) is 23.2 Å². The van der Waals surface area contributed by atoms with Gasteiger partial charge in [-0.05, 0) is 26.2 Å². The molecule has 0 fully saturated rings. The third-order valence-corrected chi connectivity index (χ3v) is 5.00. The van der Waals surface area contributed by atoms with Gasteiger partial charge in [0.15, 0.2) is 5.78 Å². The van der Waals surface area contributed by atoms with Crippen LogP contribution in [0.4, 0.5) is 0 Å². The number of Topliss-reactive ketones (excluding diaryl/α,β-unsaturated/α-hetero) is 1. The lowest BCUT2D eigenvalue weighted by atomic mass is 9.89. The SMILES string of the molecule is CCOC(=O)C1CCCc2sc(=O)n(CC(=O)C(C)(C)C)c21. The Bertz CT molecular complexity index is 636. The van der Waals surface area contributed by atoms with Crippen LogP contribution in [0.3, 0.4) is 0 Å². The van der Waals surface area contributed by atoms with Crippen molar-refractivity contribution in [1.82, 2.24) is 4.57 Å². The molecule has 1 atom stereocenters. The molecule has 6 heteroatoms. The summed E-state index contributed by atoms with van der Waals surface area (Å²) in [6, 6.07) is 0. The van der Waals surface area contributed by atoms with Gasteiger partial charge in [0.05, 0.1) is 19.1 Å². The molecular formula is C16H23NO4S. The average Bonchev–Trinajstić information content (AvgIpc) is 2.74. The zero-order valence-corrected chi connectivity index (χ0v) is 14.4. The number of hydrogen-bond acceptors (Lipinski definition) is 5. The van der Waals surface area contributed by atoms with Crippen molar-refractivity contribution in [2.24, 2.45) is 5.41 Å². The molecule has 0 saturated heterocycles. The monoisotopic (exact) mass is 325 g/mol. The number of nitrogens with zero attached hydrogens (tertiary/aromatic N) is 1. The quantitative estimate of drug-likeness (QED) is 0.798. The molecule has 22 heavy (non-hydrogen) atoms. The highest BCUT2D eigenvalue weighted by Crippen LogP contribution is 2.34. The number of fused-ring (bicyclic) bond motifs is 1. The highest BCUT2D eigenvalue weighted by molar-refractivity contribution is 7.09. The third kappa shape index (κ3) is 3.32. The minimum absolute atomic E-state index is 0.0108. The summed E-state index contributed by atoms with van der Waals surface area (Å²) in [5, 5.41) is 0. The molecule has 0 radical (unpaired) electrons. The van der Waals surface area contributed by atoms with E-state index < -0.39 is 11.3 Å². The van der Waals surface area contributed by atoms with Crippen molar-refractivity contribution < 1.29 is 14.3 Å². The molecule has 1 aliphatic carbocycles. The van der Waals surface area contributed by atoms with Crippen molar-refractivity contribution in [1.29, 1.82) is 0 Å². The van der Waals surface area contributed by atoms with Gasteiger partial charge >= 0.3 is 10.8 Å². The van der Waals surface area contributed by atoms with E-state index in [4.69, 9.17) is 4.74 Å². The number of aryl methyl sites for hydroxylation is 1. The summed E-state index contributed by atoms with van der Waals surface area (Å²) in [6.45, 7) is 7.63. The lowest BCUT2D eigenvalue weighted by Crippen LogP contribution is -2.32. The fourth-order valence-electron chi connectivity index (χ4n) is 2.63. The van der Waals surface area contributed by atoms with Gasteiger partial charge in [0.1, 0.15) is 0 Å². The first-order chi connectivity index (χ1) is 10.3. The summed E-state index contributed by atoms with van der Waals surface area (Å²) < 4.78 is 6.63. The van der Waals surface area contributed by atoms with Crippen LogP contribution in [0.1, 0.15) is 57.0 Å². The molecule has 1 heterocycles. The number of aromatic nitrogens is 1. The summed E-state index contributed by atoms with van der Waals surface area (Å²) >= 11 is 1.16. The molecule has 2 rings (SSSR count). The molecule has 1 aliphatic rings. The van der Waals surface area contributed by atoms with E-state index in [0.717, 1.165) is 29.1 Å². The number of esters is 1. The summed E-state index contributed by atoms with van der Waals surface area (Å²) in [4.78, 5) is 37.5. The Labute approximate surface area is 134 Å². The zero-order chi connectivity index (χ0) is 16.5. The molecule has 0 N–H and O–H groups in total. The van der Waals surface area contributed by atoms with Crippen molar-refractivity contribution in [2.45, 2.75) is 59.4 Å². The standard InChI is InChI=1S/C16H23NO4S/c1-5-21-14(19)10-7-6-8-11-13(10)17(15(20)22-11)9-12(18)16(2,3)4/h10H,5-9H2,1-4H3.